The normalized spacial score (nSPS) is 48.2. The van der Waals surface area contributed by atoms with Crippen molar-refractivity contribution in [1.82, 2.24) is 0 Å². The summed E-state index contributed by atoms with van der Waals surface area (Å²) in [7, 11) is -3.02. The van der Waals surface area contributed by atoms with Crippen molar-refractivity contribution in [3.05, 3.63) is 0 Å². The van der Waals surface area contributed by atoms with E-state index in [9.17, 15) is 13.5 Å². The quantitative estimate of drug-likeness (QED) is 0.786. The highest BCUT2D eigenvalue weighted by atomic mass is 32.2. The first-order valence-electron chi connectivity index (χ1n) is 6.86. The van der Waals surface area contributed by atoms with Gasteiger partial charge in [-0.2, -0.15) is 0 Å². The minimum atomic E-state index is -3.02. The Balaban J connectivity index is 2.28. The van der Waals surface area contributed by atoms with Gasteiger partial charge in [0, 0.05) is 12.0 Å². The molecule has 0 aromatic heterocycles. The second kappa shape index (κ2) is 4.46. The summed E-state index contributed by atoms with van der Waals surface area (Å²) in [5, 5.41) is 11.0. The van der Waals surface area contributed by atoms with Gasteiger partial charge in [0.15, 0.2) is 9.84 Å². The molecule has 1 heterocycles. The zero-order valence-electron chi connectivity index (χ0n) is 11.4. The molecule has 1 aliphatic carbocycles. The maximum atomic E-state index is 11.8. The molecule has 0 aromatic carbocycles. The molecule has 18 heavy (non-hydrogen) atoms. The summed E-state index contributed by atoms with van der Waals surface area (Å²) in [5.41, 5.74) is 4.36. The van der Waals surface area contributed by atoms with Crippen LogP contribution in [-0.4, -0.2) is 37.2 Å². The van der Waals surface area contributed by atoms with Crippen LogP contribution in [0.2, 0.25) is 0 Å². The van der Waals surface area contributed by atoms with Crippen LogP contribution >= 0.6 is 0 Å². The van der Waals surface area contributed by atoms with Crippen molar-refractivity contribution in [2.45, 2.75) is 45.1 Å². The van der Waals surface area contributed by atoms with Gasteiger partial charge in [0.25, 0.3) is 0 Å². The summed E-state index contributed by atoms with van der Waals surface area (Å²) in [5.74, 6) is 1.26. The fraction of sp³-hybridized carbons (Fsp3) is 1.00. The average molecular weight is 275 g/mol. The molecule has 1 saturated heterocycles. The summed E-state index contributed by atoms with van der Waals surface area (Å²) >= 11 is 0. The number of rotatable bonds is 2. The zero-order valence-corrected chi connectivity index (χ0v) is 12.2. The first-order valence-corrected chi connectivity index (χ1v) is 8.69. The summed E-state index contributed by atoms with van der Waals surface area (Å²) < 4.78 is 23.5. The number of nitrogens with two attached hydrogens (primary N) is 1. The predicted molar refractivity (Wildman–Crippen MR) is 71.9 cm³/mol. The summed E-state index contributed by atoms with van der Waals surface area (Å²) in [6.07, 6.45) is 2.84. The van der Waals surface area contributed by atoms with Crippen LogP contribution in [0.25, 0.3) is 0 Å². The van der Waals surface area contributed by atoms with Crippen LogP contribution in [0.15, 0.2) is 0 Å². The van der Waals surface area contributed by atoms with Gasteiger partial charge in [-0.3, -0.25) is 0 Å². The highest BCUT2D eigenvalue weighted by molar-refractivity contribution is 7.91. The molecule has 106 valence electrons. The van der Waals surface area contributed by atoms with Crippen LogP contribution in [0, 0.1) is 17.3 Å². The van der Waals surface area contributed by atoms with E-state index in [1.807, 2.05) is 0 Å². The first-order chi connectivity index (χ1) is 8.24. The van der Waals surface area contributed by atoms with E-state index in [1.54, 1.807) is 0 Å². The molecular weight excluding hydrogens is 250 g/mol. The molecule has 1 saturated carbocycles. The maximum absolute atomic E-state index is 11.8. The van der Waals surface area contributed by atoms with Crippen molar-refractivity contribution < 1.29 is 13.5 Å². The molecule has 2 fully saturated rings. The van der Waals surface area contributed by atoms with Gasteiger partial charge in [0.2, 0.25) is 0 Å². The lowest BCUT2D eigenvalue weighted by atomic mass is 9.60. The van der Waals surface area contributed by atoms with E-state index >= 15 is 0 Å². The van der Waals surface area contributed by atoms with E-state index in [0.29, 0.717) is 31.1 Å². The van der Waals surface area contributed by atoms with Gasteiger partial charge < -0.3 is 10.8 Å². The monoisotopic (exact) mass is 275 g/mol. The van der Waals surface area contributed by atoms with E-state index in [2.05, 4.69) is 13.8 Å². The van der Waals surface area contributed by atoms with Crippen molar-refractivity contribution in [1.29, 1.82) is 0 Å². The van der Waals surface area contributed by atoms with E-state index in [1.165, 1.54) is 0 Å². The Kier molecular flexibility index (Phi) is 3.54. The standard InChI is InChI=1S/C13H25NO3S/c1-10-3-4-13(15,7-11(10)2)12(8-14)5-6-18(16,17)9-12/h10-11,15H,3-9,14H2,1-2H3. The number of aliphatic hydroxyl groups is 1. The van der Waals surface area contributed by atoms with Gasteiger partial charge in [-0.1, -0.05) is 13.8 Å². The van der Waals surface area contributed by atoms with Gasteiger partial charge in [-0.05, 0) is 37.5 Å². The minimum absolute atomic E-state index is 0.0636. The molecule has 0 bridgehead atoms. The van der Waals surface area contributed by atoms with E-state index < -0.39 is 20.9 Å². The SMILES string of the molecule is CC1CCC(O)(C2(CN)CCS(=O)(=O)C2)CC1C. The van der Waals surface area contributed by atoms with Gasteiger partial charge in [0.05, 0.1) is 17.1 Å². The lowest BCUT2D eigenvalue weighted by Gasteiger charge is -2.49. The Morgan fingerprint density at radius 2 is 1.94 bits per heavy atom. The number of sulfone groups is 1. The van der Waals surface area contributed by atoms with Crippen LogP contribution in [0.5, 0.6) is 0 Å². The van der Waals surface area contributed by atoms with Crippen molar-refractivity contribution in [3.8, 4) is 0 Å². The highest BCUT2D eigenvalue weighted by Gasteiger charge is 2.56. The van der Waals surface area contributed by atoms with Crippen LogP contribution in [0.1, 0.15) is 39.5 Å². The van der Waals surface area contributed by atoms with Crippen LogP contribution in [0.4, 0.5) is 0 Å². The van der Waals surface area contributed by atoms with E-state index in [-0.39, 0.29) is 18.1 Å². The Bertz CT molecular complexity index is 422. The molecule has 1 aliphatic heterocycles. The Hall–Kier alpha value is -0.130. The lowest BCUT2D eigenvalue weighted by Crippen LogP contribution is -2.56. The molecule has 4 atom stereocenters. The topological polar surface area (TPSA) is 80.4 Å². The lowest BCUT2D eigenvalue weighted by molar-refractivity contribution is -0.114. The first kappa shape index (κ1) is 14.3. The molecule has 5 heteroatoms. The van der Waals surface area contributed by atoms with E-state index in [0.717, 1.165) is 6.42 Å². The van der Waals surface area contributed by atoms with Gasteiger partial charge in [0.1, 0.15) is 0 Å². The Morgan fingerprint density at radius 3 is 2.39 bits per heavy atom. The zero-order chi connectivity index (χ0) is 13.6. The molecular formula is C13H25NO3S. The summed E-state index contributed by atoms with van der Waals surface area (Å²) in [6.45, 7) is 4.61. The minimum Gasteiger partial charge on any atom is -0.389 e. The summed E-state index contributed by atoms with van der Waals surface area (Å²) in [4.78, 5) is 0. The largest absolute Gasteiger partial charge is 0.389 e. The van der Waals surface area contributed by atoms with Gasteiger partial charge >= 0.3 is 0 Å². The third kappa shape index (κ3) is 2.21. The highest BCUT2D eigenvalue weighted by Crippen LogP contribution is 2.50. The van der Waals surface area contributed by atoms with Gasteiger partial charge in [-0.15, -0.1) is 0 Å². The second-order valence-electron chi connectivity index (χ2n) is 6.56. The predicted octanol–water partition coefficient (Wildman–Crippen LogP) is 0.937. The molecule has 2 rings (SSSR count). The van der Waals surface area contributed by atoms with Crippen molar-refractivity contribution >= 4 is 9.84 Å². The third-order valence-electron chi connectivity index (χ3n) is 5.41. The van der Waals surface area contributed by atoms with Crippen LogP contribution in [0.3, 0.4) is 0 Å². The maximum Gasteiger partial charge on any atom is 0.151 e. The van der Waals surface area contributed by atoms with Crippen LogP contribution < -0.4 is 5.73 Å². The van der Waals surface area contributed by atoms with Crippen molar-refractivity contribution in [2.24, 2.45) is 23.0 Å². The molecule has 0 radical (unpaired) electrons. The van der Waals surface area contributed by atoms with Crippen molar-refractivity contribution in [2.75, 3.05) is 18.1 Å². The molecule has 0 amide bonds. The molecule has 0 spiro atoms. The second-order valence-corrected chi connectivity index (χ2v) is 8.74. The molecule has 3 N–H and O–H groups in total. The molecule has 0 aromatic rings. The smallest absolute Gasteiger partial charge is 0.151 e. The molecule has 4 nitrogen and oxygen atoms in total. The molecule has 4 unspecified atom stereocenters. The van der Waals surface area contributed by atoms with Crippen LogP contribution in [-0.2, 0) is 9.84 Å². The van der Waals surface area contributed by atoms with E-state index in [4.69, 9.17) is 5.73 Å². The van der Waals surface area contributed by atoms with Gasteiger partial charge in [-0.25, -0.2) is 8.42 Å². The summed E-state index contributed by atoms with van der Waals surface area (Å²) in [6, 6.07) is 0. The molecule has 2 aliphatic rings. The number of hydrogen-bond acceptors (Lipinski definition) is 4. The Labute approximate surface area is 110 Å². The Morgan fingerprint density at radius 1 is 1.28 bits per heavy atom. The third-order valence-corrected chi connectivity index (χ3v) is 7.23. The number of hydrogen-bond donors (Lipinski definition) is 2. The van der Waals surface area contributed by atoms with Crippen molar-refractivity contribution in [3.63, 3.8) is 0 Å². The fourth-order valence-corrected chi connectivity index (χ4v) is 5.92. The average Bonchev–Trinajstić information content (AvgIpc) is 2.62. The fourth-order valence-electron chi connectivity index (χ4n) is 3.70.